The van der Waals surface area contributed by atoms with Gasteiger partial charge in [0.2, 0.25) is 0 Å². The molecule has 2 unspecified atom stereocenters. The number of rotatable bonds is 0. The molecule has 2 atom stereocenters. The normalized spacial score (nSPS) is 33.1. The largest absolute Gasteiger partial charge is 0.325 e. The number of urea groups is 1. The van der Waals surface area contributed by atoms with Crippen molar-refractivity contribution < 1.29 is 4.79 Å². The molecule has 0 spiro atoms. The monoisotopic (exact) mass is 265 g/mol. The van der Waals surface area contributed by atoms with Gasteiger partial charge in [0.15, 0.2) is 0 Å². The smallest absolute Gasteiger partial charge is 0.320 e. The zero-order chi connectivity index (χ0) is 13.2. The molecule has 0 N–H and O–H groups in total. The third kappa shape index (κ3) is 2.73. The number of piperazine rings is 1. The van der Waals surface area contributed by atoms with Gasteiger partial charge in [-0.25, -0.2) is 4.79 Å². The van der Waals surface area contributed by atoms with Crippen LogP contribution in [0, 0.1) is 0 Å². The van der Waals surface area contributed by atoms with E-state index in [1.807, 2.05) is 0 Å². The Kier molecular flexibility index (Phi) is 3.96. The number of carbonyl (C=O) groups excluding carboxylic acids is 1. The molecule has 0 aromatic carbocycles. The number of carbonyl (C=O) groups is 1. The molecule has 0 radical (unpaired) electrons. The molecule has 108 valence electrons. The molecule has 3 fully saturated rings. The molecule has 0 aromatic heterocycles. The molecule has 3 aliphatic heterocycles. The van der Waals surface area contributed by atoms with Crippen molar-refractivity contribution in [3.8, 4) is 0 Å². The van der Waals surface area contributed by atoms with Crippen molar-refractivity contribution in [2.24, 2.45) is 0 Å². The van der Waals surface area contributed by atoms with Gasteiger partial charge in [0.25, 0.3) is 0 Å². The lowest BCUT2D eigenvalue weighted by Crippen LogP contribution is -2.59. The second-order valence-electron chi connectivity index (χ2n) is 6.48. The van der Waals surface area contributed by atoms with Crippen LogP contribution in [0.2, 0.25) is 0 Å². The Bertz CT molecular complexity index is 325. The SMILES string of the molecule is CC1CN2CCCC2CN1C(=O)N1CCCCCC1. The number of nitrogens with zero attached hydrogens (tertiary/aromatic N) is 3. The molecule has 0 saturated carbocycles. The summed E-state index contributed by atoms with van der Waals surface area (Å²) in [6, 6.07) is 1.32. The highest BCUT2D eigenvalue weighted by Crippen LogP contribution is 2.25. The third-order valence-electron chi connectivity index (χ3n) is 5.06. The molecule has 0 bridgehead atoms. The lowest BCUT2D eigenvalue weighted by Gasteiger charge is -2.44. The van der Waals surface area contributed by atoms with E-state index in [2.05, 4.69) is 21.6 Å². The van der Waals surface area contributed by atoms with E-state index in [-0.39, 0.29) is 0 Å². The number of hydrogen-bond donors (Lipinski definition) is 0. The van der Waals surface area contributed by atoms with Gasteiger partial charge in [0.05, 0.1) is 0 Å². The van der Waals surface area contributed by atoms with Crippen LogP contribution in [0.25, 0.3) is 0 Å². The van der Waals surface area contributed by atoms with E-state index < -0.39 is 0 Å². The van der Waals surface area contributed by atoms with E-state index in [1.165, 1.54) is 45.1 Å². The van der Waals surface area contributed by atoms with Crippen molar-refractivity contribution in [2.45, 2.75) is 57.5 Å². The van der Waals surface area contributed by atoms with Crippen LogP contribution in [0.1, 0.15) is 45.4 Å². The zero-order valence-electron chi connectivity index (χ0n) is 12.2. The highest BCUT2D eigenvalue weighted by atomic mass is 16.2. The van der Waals surface area contributed by atoms with Crippen LogP contribution in [0.4, 0.5) is 4.79 Å². The first kappa shape index (κ1) is 13.2. The van der Waals surface area contributed by atoms with Crippen molar-refractivity contribution in [3.63, 3.8) is 0 Å². The van der Waals surface area contributed by atoms with Gasteiger partial charge in [-0.3, -0.25) is 4.90 Å². The molecule has 0 aliphatic carbocycles. The van der Waals surface area contributed by atoms with Gasteiger partial charge in [-0.2, -0.15) is 0 Å². The van der Waals surface area contributed by atoms with Gasteiger partial charge in [0, 0.05) is 38.3 Å². The van der Waals surface area contributed by atoms with Gasteiger partial charge in [-0.15, -0.1) is 0 Å². The molecule has 3 heterocycles. The van der Waals surface area contributed by atoms with Crippen molar-refractivity contribution in [1.82, 2.24) is 14.7 Å². The minimum Gasteiger partial charge on any atom is -0.325 e. The first-order valence-electron chi connectivity index (χ1n) is 8.05. The first-order chi connectivity index (χ1) is 9.25. The molecule has 4 nitrogen and oxygen atoms in total. The summed E-state index contributed by atoms with van der Waals surface area (Å²) < 4.78 is 0. The Morgan fingerprint density at radius 2 is 1.68 bits per heavy atom. The second-order valence-corrected chi connectivity index (χ2v) is 6.48. The summed E-state index contributed by atoms with van der Waals surface area (Å²) in [5.74, 6) is 0. The average Bonchev–Trinajstić information content (AvgIpc) is 2.69. The van der Waals surface area contributed by atoms with Gasteiger partial charge < -0.3 is 9.80 Å². The number of amides is 2. The van der Waals surface area contributed by atoms with Gasteiger partial charge in [-0.1, -0.05) is 12.8 Å². The van der Waals surface area contributed by atoms with Crippen LogP contribution in [0.5, 0.6) is 0 Å². The summed E-state index contributed by atoms with van der Waals surface area (Å²) in [6.45, 7) is 7.42. The Hall–Kier alpha value is -0.770. The maximum atomic E-state index is 12.7. The summed E-state index contributed by atoms with van der Waals surface area (Å²) in [6.07, 6.45) is 7.53. The highest BCUT2D eigenvalue weighted by molar-refractivity contribution is 5.75. The average molecular weight is 265 g/mol. The summed E-state index contributed by atoms with van der Waals surface area (Å²) in [7, 11) is 0. The topological polar surface area (TPSA) is 26.8 Å². The van der Waals surface area contributed by atoms with Crippen LogP contribution in [0.15, 0.2) is 0 Å². The molecule has 3 rings (SSSR count). The van der Waals surface area contributed by atoms with Crippen molar-refractivity contribution in [3.05, 3.63) is 0 Å². The van der Waals surface area contributed by atoms with Crippen molar-refractivity contribution >= 4 is 6.03 Å². The fraction of sp³-hybridized carbons (Fsp3) is 0.933. The number of likely N-dealkylation sites (tertiary alicyclic amines) is 1. The van der Waals surface area contributed by atoms with Gasteiger partial charge >= 0.3 is 6.03 Å². The molecule has 2 amide bonds. The molecule has 0 aromatic rings. The fourth-order valence-electron chi connectivity index (χ4n) is 3.90. The van der Waals surface area contributed by atoms with Crippen LogP contribution >= 0.6 is 0 Å². The number of fused-ring (bicyclic) bond motifs is 1. The summed E-state index contributed by atoms with van der Waals surface area (Å²) in [5.41, 5.74) is 0. The van der Waals surface area contributed by atoms with E-state index in [4.69, 9.17) is 0 Å². The molecular weight excluding hydrogens is 238 g/mol. The van der Waals surface area contributed by atoms with E-state index in [9.17, 15) is 4.79 Å². The van der Waals surface area contributed by atoms with Crippen LogP contribution in [0.3, 0.4) is 0 Å². The molecule has 3 aliphatic rings. The summed E-state index contributed by atoms with van der Waals surface area (Å²) in [5, 5.41) is 0. The van der Waals surface area contributed by atoms with Crippen LogP contribution in [-0.4, -0.2) is 65.5 Å². The lowest BCUT2D eigenvalue weighted by atomic mass is 10.1. The first-order valence-corrected chi connectivity index (χ1v) is 8.05. The predicted molar refractivity (Wildman–Crippen MR) is 76.2 cm³/mol. The van der Waals surface area contributed by atoms with E-state index in [1.54, 1.807) is 0 Å². The van der Waals surface area contributed by atoms with Gasteiger partial charge in [0.1, 0.15) is 0 Å². The number of hydrogen-bond acceptors (Lipinski definition) is 2. The fourth-order valence-corrected chi connectivity index (χ4v) is 3.90. The Morgan fingerprint density at radius 3 is 2.42 bits per heavy atom. The third-order valence-corrected chi connectivity index (χ3v) is 5.06. The van der Waals surface area contributed by atoms with E-state index >= 15 is 0 Å². The molecule has 3 saturated heterocycles. The predicted octanol–water partition coefficient (Wildman–Crippen LogP) is 2.15. The van der Waals surface area contributed by atoms with E-state index in [0.29, 0.717) is 18.1 Å². The van der Waals surface area contributed by atoms with E-state index in [0.717, 1.165) is 26.2 Å². The van der Waals surface area contributed by atoms with Crippen molar-refractivity contribution in [1.29, 1.82) is 0 Å². The molecule has 19 heavy (non-hydrogen) atoms. The highest BCUT2D eigenvalue weighted by Gasteiger charge is 2.37. The Labute approximate surface area is 116 Å². The van der Waals surface area contributed by atoms with Crippen LogP contribution < -0.4 is 0 Å². The maximum Gasteiger partial charge on any atom is 0.320 e. The lowest BCUT2D eigenvalue weighted by molar-refractivity contribution is 0.0635. The molecular formula is C15H27N3O. The standard InChI is InChI=1S/C15H27N3O/c1-13-11-17-10-6-7-14(17)12-18(13)15(19)16-8-4-2-3-5-9-16/h13-14H,2-12H2,1H3. The minimum absolute atomic E-state index is 0.306. The van der Waals surface area contributed by atoms with Gasteiger partial charge in [-0.05, 0) is 39.2 Å². The van der Waals surface area contributed by atoms with Crippen molar-refractivity contribution in [2.75, 3.05) is 32.7 Å². The Balaban J connectivity index is 1.64. The minimum atomic E-state index is 0.306. The second kappa shape index (κ2) is 5.70. The summed E-state index contributed by atoms with van der Waals surface area (Å²) in [4.78, 5) is 19.6. The Morgan fingerprint density at radius 1 is 0.947 bits per heavy atom. The van der Waals surface area contributed by atoms with Crippen LogP contribution in [-0.2, 0) is 0 Å². The quantitative estimate of drug-likeness (QED) is 0.671. The summed E-state index contributed by atoms with van der Waals surface area (Å²) >= 11 is 0. The molecule has 4 heteroatoms. The maximum absolute atomic E-state index is 12.7. The zero-order valence-corrected chi connectivity index (χ0v) is 12.2.